The fourth-order valence-corrected chi connectivity index (χ4v) is 1.68. The molecule has 0 aliphatic carbocycles. The van der Waals surface area contributed by atoms with E-state index in [1.807, 2.05) is 0 Å². The fourth-order valence-electron chi connectivity index (χ4n) is 1.68. The Morgan fingerprint density at radius 3 is 2.59 bits per heavy atom. The summed E-state index contributed by atoms with van der Waals surface area (Å²) in [5.41, 5.74) is 5.78. The molecule has 0 spiro atoms. The van der Waals surface area contributed by atoms with E-state index in [9.17, 15) is 4.39 Å². The second-order valence-electron chi connectivity index (χ2n) is 5.12. The Hall–Kier alpha value is -1.16. The standard InChI is InChI=1S/C13H22FN3/c1-4-7-17(10-13(2,3)9-15)12-6-5-11(14)8-16-12/h5-6,8H,4,7,9-10,15H2,1-3H3. The lowest BCUT2D eigenvalue weighted by molar-refractivity contribution is 0.376. The van der Waals surface area contributed by atoms with Crippen LogP contribution < -0.4 is 10.6 Å². The van der Waals surface area contributed by atoms with E-state index in [1.165, 1.54) is 12.3 Å². The Labute approximate surface area is 103 Å². The molecule has 0 aliphatic rings. The minimum atomic E-state index is -0.303. The number of rotatable bonds is 6. The molecule has 2 N–H and O–H groups in total. The second kappa shape index (κ2) is 5.96. The van der Waals surface area contributed by atoms with E-state index in [0.717, 1.165) is 25.3 Å². The minimum Gasteiger partial charge on any atom is -0.356 e. The van der Waals surface area contributed by atoms with Crippen LogP contribution in [-0.4, -0.2) is 24.6 Å². The topological polar surface area (TPSA) is 42.1 Å². The van der Waals surface area contributed by atoms with Crippen LogP contribution in [0.4, 0.5) is 10.2 Å². The molecule has 0 unspecified atom stereocenters. The predicted molar refractivity (Wildman–Crippen MR) is 69.5 cm³/mol. The van der Waals surface area contributed by atoms with Gasteiger partial charge in [0.05, 0.1) is 6.20 Å². The zero-order valence-electron chi connectivity index (χ0n) is 10.9. The van der Waals surface area contributed by atoms with Crippen LogP contribution >= 0.6 is 0 Å². The first-order valence-electron chi connectivity index (χ1n) is 6.05. The van der Waals surface area contributed by atoms with Gasteiger partial charge < -0.3 is 10.6 Å². The van der Waals surface area contributed by atoms with E-state index in [1.54, 1.807) is 6.07 Å². The molecule has 0 atom stereocenters. The highest BCUT2D eigenvalue weighted by Crippen LogP contribution is 2.20. The monoisotopic (exact) mass is 239 g/mol. The summed E-state index contributed by atoms with van der Waals surface area (Å²) in [6.45, 7) is 8.72. The van der Waals surface area contributed by atoms with Crippen LogP contribution in [0.5, 0.6) is 0 Å². The minimum absolute atomic E-state index is 0.0330. The highest BCUT2D eigenvalue weighted by Gasteiger charge is 2.20. The van der Waals surface area contributed by atoms with Gasteiger partial charge in [-0.1, -0.05) is 20.8 Å². The number of hydrogen-bond acceptors (Lipinski definition) is 3. The molecule has 0 amide bonds. The first kappa shape index (κ1) is 13.9. The lowest BCUT2D eigenvalue weighted by atomic mass is 9.93. The van der Waals surface area contributed by atoms with Gasteiger partial charge in [-0.15, -0.1) is 0 Å². The van der Waals surface area contributed by atoms with E-state index in [4.69, 9.17) is 5.73 Å². The van der Waals surface area contributed by atoms with E-state index in [0.29, 0.717) is 6.54 Å². The molecule has 1 aromatic heterocycles. The molecule has 3 nitrogen and oxygen atoms in total. The van der Waals surface area contributed by atoms with Gasteiger partial charge >= 0.3 is 0 Å². The molecule has 0 fully saturated rings. The Kier molecular flexibility index (Phi) is 4.87. The van der Waals surface area contributed by atoms with Gasteiger partial charge in [0.15, 0.2) is 0 Å². The average Bonchev–Trinajstić information content (AvgIpc) is 2.29. The number of pyridine rings is 1. The van der Waals surface area contributed by atoms with Gasteiger partial charge in [-0.25, -0.2) is 9.37 Å². The molecular weight excluding hydrogens is 217 g/mol. The van der Waals surface area contributed by atoms with E-state index < -0.39 is 0 Å². The highest BCUT2D eigenvalue weighted by atomic mass is 19.1. The van der Waals surface area contributed by atoms with Crippen molar-refractivity contribution in [2.45, 2.75) is 27.2 Å². The van der Waals surface area contributed by atoms with Crippen molar-refractivity contribution in [2.75, 3.05) is 24.5 Å². The van der Waals surface area contributed by atoms with Crippen molar-refractivity contribution in [3.8, 4) is 0 Å². The summed E-state index contributed by atoms with van der Waals surface area (Å²) in [5, 5.41) is 0. The first-order chi connectivity index (χ1) is 7.98. The van der Waals surface area contributed by atoms with Crippen molar-refractivity contribution >= 4 is 5.82 Å². The molecule has 96 valence electrons. The molecule has 0 saturated carbocycles. The second-order valence-corrected chi connectivity index (χ2v) is 5.12. The third kappa shape index (κ3) is 4.30. The van der Waals surface area contributed by atoms with Crippen LogP contribution in [0.3, 0.4) is 0 Å². The molecule has 0 aliphatic heterocycles. The van der Waals surface area contributed by atoms with Crippen molar-refractivity contribution in [1.29, 1.82) is 0 Å². The summed E-state index contributed by atoms with van der Waals surface area (Å²) in [5.74, 6) is 0.512. The van der Waals surface area contributed by atoms with Gasteiger partial charge in [-0.2, -0.15) is 0 Å². The number of nitrogens with two attached hydrogens (primary N) is 1. The van der Waals surface area contributed by atoms with Crippen molar-refractivity contribution < 1.29 is 4.39 Å². The molecule has 0 aromatic carbocycles. The van der Waals surface area contributed by atoms with Gasteiger partial charge in [0, 0.05) is 13.1 Å². The summed E-state index contributed by atoms with van der Waals surface area (Å²) in [6, 6.07) is 3.16. The maximum atomic E-state index is 12.8. The van der Waals surface area contributed by atoms with Crippen LogP contribution in [0.25, 0.3) is 0 Å². The van der Waals surface area contributed by atoms with Gasteiger partial charge in [-0.05, 0) is 30.5 Å². The summed E-state index contributed by atoms with van der Waals surface area (Å²) < 4.78 is 12.8. The van der Waals surface area contributed by atoms with E-state index in [-0.39, 0.29) is 11.2 Å². The normalized spacial score (nSPS) is 11.6. The van der Waals surface area contributed by atoms with Crippen LogP contribution in [0.2, 0.25) is 0 Å². The molecule has 4 heteroatoms. The fraction of sp³-hybridized carbons (Fsp3) is 0.615. The molecule has 17 heavy (non-hydrogen) atoms. The molecule has 0 radical (unpaired) electrons. The summed E-state index contributed by atoms with van der Waals surface area (Å²) in [6.07, 6.45) is 2.28. The zero-order chi connectivity index (χ0) is 12.9. The Morgan fingerprint density at radius 2 is 2.12 bits per heavy atom. The molecule has 0 bridgehead atoms. The summed E-state index contributed by atoms with van der Waals surface area (Å²) in [4.78, 5) is 6.28. The first-order valence-corrected chi connectivity index (χ1v) is 6.05. The van der Waals surface area contributed by atoms with Gasteiger partial charge in [0.25, 0.3) is 0 Å². The van der Waals surface area contributed by atoms with E-state index in [2.05, 4.69) is 30.7 Å². The van der Waals surface area contributed by atoms with E-state index >= 15 is 0 Å². The van der Waals surface area contributed by atoms with Crippen molar-refractivity contribution in [3.63, 3.8) is 0 Å². The third-order valence-electron chi connectivity index (χ3n) is 2.70. The Morgan fingerprint density at radius 1 is 1.41 bits per heavy atom. The number of halogens is 1. The highest BCUT2D eigenvalue weighted by molar-refractivity contribution is 5.38. The SMILES string of the molecule is CCCN(CC(C)(C)CN)c1ccc(F)cn1. The van der Waals surface area contributed by atoms with Crippen molar-refractivity contribution in [3.05, 3.63) is 24.1 Å². The largest absolute Gasteiger partial charge is 0.356 e. The predicted octanol–water partition coefficient (Wildman–Crippen LogP) is 2.42. The van der Waals surface area contributed by atoms with Gasteiger partial charge in [0.1, 0.15) is 11.6 Å². The number of anilines is 1. The molecule has 1 aromatic rings. The number of aromatic nitrogens is 1. The smallest absolute Gasteiger partial charge is 0.141 e. The summed E-state index contributed by atoms with van der Waals surface area (Å²) >= 11 is 0. The van der Waals surface area contributed by atoms with Gasteiger partial charge in [0.2, 0.25) is 0 Å². The van der Waals surface area contributed by atoms with Crippen molar-refractivity contribution in [2.24, 2.45) is 11.1 Å². The molecule has 1 heterocycles. The quantitative estimate of drug-likeness (QED) is 0.829. The zero-order valence-corrected chi connectivity index (χ0v) is 10.9. The summed E-state index contributed by atoms with van der Waals surface area (Å²) in [7, 11) is 0. The third-order valence-corrected chi connectivity index (χ3v) is 2.70. The Balaban J connectivity index is 2.81. The molecular formula is C13H22FN3. The number of nitrogens with zero attached hydrogens (tertiary/aromatic N) is 2. The average molecular weight is 239 g/mol. The lowest BCUT2D eigenvalue weighted by Gasteiger charge is -2.32. The van der Waals surface area contributed by atoms with Crippen molar-refractivity contribution in [1.82, 2.24) is 4.98 Å². The Bertz CT molecular complexity index is 335. The van der Waals surface area contributed by atoms with Crippen LogP contribution in [0.1, 0.15) is 27.2 Å². The van der Waals surface area contributed by atoms with Crippen LogP contribution in [0, 0.1) is 11.2 Å². The van der Waals surface area contributed by atoms with Crippen LogP contribution in [0.15, 0.2) is 18.3 Å². The van der Waals surface area contributed by atoms with Crippen LogP contribution in [-0.2, 0) is 0 Å². The molecule has 0 saturated heterocycles. The maximum Gasteiger partial charge on any atom is 0.141 e. The van der Waals surface area contributed by atoms with Gasteiger partial charge in [-0.3, -0.25) is 0 Å². The molecule has 1 rings (SSSR count). The lowest BCUT2D eigenvalue weighted by Crippen LogP contribution is -2.39. The maximum absolute atomic E-state index is 12.8. The number of hydrogen-bond donors (Lipinski definition) is 1.